The summed E-state index contributed by atoms with van der Waals surface area (Å²) < 4.78 is 12.3. The molecule has 27 heavy (non-hydrogen) atoms. The number of hydrogen-bond donors (Lipinski definition) is 0. The van der Waals surface area contributed by atoms with Crippen molar-refractivity contribution in [2.45, 2.75) is 45.8 Å². The fourth-order valence-electron chi connectivity index (χ4n) is 6.12. The van der Waals surface area contributed by atoms with E-state index in [2.05, 4.69) is 56.0 Å². The van der Waals surface area contributed by atoms with Crippen LogP contribution in [-0.4, -0.2) is 49.8 Å². The molecule has 4 nitrogen and oxygen atoms in total. The standard InChI is InChI=1S/C23H33NO3/c1-18(2)12-24-15-21(11-20-7-5-4-6-8-20)13-23(26-9-10-27-23)14-22(16-24,17-25)19(21)3/h4-8,17-19H,9-16H2,1-3H3. The van der Waals surface area contributed by atoms with Crippen LogP contribution < -0.4 is 0 Å². The van der Waals surface area contributed by atoms with Gasteiger partial charge in [-0.15, -0.1) is 0 Å². The molecular weight excluding hydrogens is 338 g/mol. The molecule has 4 rings (SSSR count). The molecule has 3 fully saturated rings. The molecule has 148 valence electrons. The molecule has 1 spiro atoms. The van der Waals surface area contributed by atoms with Crippen LogP contribution in [0.3, 0.4) is 0 Å². The molecule has 2 bridgehead atoms. The Hall–Kier alpha value is -1.23. The number of nitrogens with zero attached hydrogens (tertiary/aromatic N) is 1. The Morgan fingerprint density at radius 2 is 1.85 bits per heavy atom. The minimum absolute atomic E-state index is 0.0159. The molecule has 1 aromatic rings. The van der Waals surface area contributed by atoms with E-state index >= 15 is 0 Å². The van der Waals surface area contributed by atoms with E-state index in [1.54, 1.807) is 0 Å². The van der Waals surface area contributed by atoms with Gasteiger partial charge in [0.05, 0.1) is 13.2 Å². The topological polar surface area (TPSA) is 38.8 Å². The van der Waals surface area contributed by atoms with Crippen molar-refractivity contribution in [2.24, 2.45) is 22.7 Å². The van der Waals surface area contributed by atoms with Crippen molar-refractivity contribution in [2.75, 3.05) is 32.8 Å². The predicted octanol–water partition coefficient (Wildman–Crippen LogP) is 3.55. The van der Waals surface area contributed by atoms with Gasteiger partial charge < -0.3 is 19.2 Å². The lowest BCUT2D eigenvalue weighted by atomic mass is 9.49. The maximum Gasteiger partial charge on any atom is 0.170 e. The highest BCUT2D eigenvalue weighted by Gasteiger charge is 2.64. The molecule has 0 N–H and O–H groups in total. The Balaban J connectivity index is 1.75. The fourth-order valence-corrected chi connectivity index (χ4v) is 6.12. The molecule has 0 amide bonds. The predicted molar refractivity (Wildman–Crippen MR) is 105 cm³/mol. The second-order valence-corrected chi connectivity index (χ2v) is 9.62. The van der Waals surface area contributed by atoms with Gasteiger partial charge in [0.15, 0.2) is 5.79 Å². The third kappa shape index (κ3) is 3.37. The van der Waals surface area contributed by atoms with Crippen LogP contribution in [0.2, 0.25) is 0 Å². The first-order chi connectivity index (χ1) is 12.9. The lowest BCUT2D eigenvalue weighted by molar-refractivity contribution is -0.261. The zero-order chi connectivity index (χ0) is 19.1. The first-order valence-electron chi connectivity index (χ1n) is 10.4. The summed E-state index contributed by atoms with van der Waals surface area (Å²) >= 11 is 0. The third-order valence-corrected chi connectivity index (χ3v) is 7.13. The van der Waals surface area contributed by atoms with Crippen LogP contribution in [0.15, 0.2) is 30.3 Å². The summed E-state index contributed by atoms with van der Waals surface area (Å²) in [6.45, 7) is 11.0. The highest BCUT2D eigenvalue weighted by atomic mass is 16.7. The molecule has 0 radical (unpaired) electrons. The summed E-state index contributed by atoms with van der Waals surface area (Å²) in [5.41, 5.74) is 0.924. The van der Waals surface area contributed by atoms with E-state index in [0.29, 0.717) is 31.5 Å². The second-order valence-electron chi connectivity index (χ2n) is 9.62. The van der Waals surface area contributed by atoms with Gasteiger partial charge in [-0.3, -0.25) is 0 Å². The number of piperidine rings is 1. The second kappa shape index (κ2) is 6.98. The minimum Gasteiger partial charge on any atom is -0.347 e. The van der Waals surface area contributed by atoms with E-state index in [0.717, 1.165) is 32.5 Å². The summed E-state index contributed by atoms with van der Waals surface area (Å²) in [6.07, 6.45) is 3.76. The van der Waals surface area contributed by atoms with Gasteiger partial charge in [0.1, 0.15) is 6.29 Å². The van der Waals surface area contributed by atoms with Crippen molar-refractivity contribution in [3.8, 4) is 0 Å². The summed E-state index contributed by atoms with van der Waals surface area (Å²) in [4.78, 5) is 15.1. The molecule has 2 heterocycles. The van der Waals surface area contributed by atoms with Crippen molar-refractivity contribution >= 4 is 6.29 Å². The highest BCUT2D eigenvalue weighted by molar-refractivity contribution is 5.62. The molecule has 0 aromatic heterocycles. The Labute approximate surface area is 163 Å². The Morgan fingerprint density at radius 1 is 1.15 bits per heavy atom. The fraction of sp³-hybridized carbons (Fsp3) is 0.696. The van der Waals surface area contributed by atoms with E-state index in [9.17, 15) is 4.79 Å². The normalized spacial score (nSPS) is 35.6. The molecule has 1 aliphatic carbocycles. The van der Waals surface area contributed by atoms with Crippen LogP contribution in [0.4, 0.5) is 0 Å². The average molecular weight is 372 g/mol. The molecule has 3 aliphatic rings. The van der Waals surface area contributed by atoms with Gasteiger partial charge in [-0.25, -0.2) is 0 Å². The van der Waals surface area contributed by atoms with Gasteiger partial charge in [-0.1, -0.05) is 51.1 Å². The van der Waals surface area contributed by atoms with Gasteiger partial charge in [-0.2, -0.15) is 0 Å². The highest BCUT2D eigenvalue weighted by Crippen LogP contribution is 2.60. The zero-order valence-electron chi connectivity index (χ0n) is 16.9. The van der Waals surface area contributed by atoms with Crippen molar-refractivity contribution in [3.05, 3.63) is 35.9 Å². The molecule has 4 heteroatoms. The number of carbonyl (C=O) groups excluding carboxylic acids is 1. The van der Waals surface area contributed by atoms with Crippen molar-refractivity contribution in [1.29, 1.82) is 0 Å². The summed E-state index contributed by atoms with van der Waals surface area (Å²) in [7, 11) is 0. The van der Waals surface area contributed by atoms with Gasteiger partial charge in [-0.05, 0) is 29.2 Å². The van der Waals surface area contributed by atoms with Crippen LogP contribution in [0.25, 0.3) is 0 Å². The van der Waals surface area contributed by atoms with Gasteiger partial charge in [0, 0.05) is 37.9 Å². The van der Waals surface area contributed by atoms with E-state index in [1.165, 1.54) is 11.8 Å². The summed E-state index contributed by atoms with van der Waals surface area (Å²) in [5.74, 6) is 0.320. The maximum absolute atomic E-state index is 12.5. The molecule has 2 aliphatic heterocycles. The Morgan fingerprint density at radius 3 is 2.48 bits per heavy atom. The van der Waals surface area contributed by atoms with Crippen molar-refractivity contribution in [1.82, 2.24) is 4.90 Å². The Kier molecular flexibility index (Phi) is 4.94. The number of aldehydes is 1. The summed E-state index contributed by atoms with van der Waals surface area (Å²) in [6, 6.07) is 10.7. The van der Waals surface area contributed by atoms with Crippen LogP contribution in [0.1, 0.15) is 39.2 Å². The monoisotopic (exact) mass is 371 g/mol. The number of ether oxygens (including phenoxy) is 2. The molecule has 2 saturated heterocycles. The maximum atomic E-state index is 12.5. The lowest BCUT2D eigenvalue weighted by Crippen LogP contribution is -2.67. The van der Waals surface area contributed by atoms with E-state index in [-0.39, 0.29) is 5.41 Å². The first-order valence-corrected chi connectivity index (χ1v) is 10.4. The first kappa shape index (κ1) is 19.1. The number of likely N-dealkylation sites (tertiary alicyclic amines) is 1. The largest absolute Gasteiger partial charge is 0.347 e. The number of rotatable bonds is 5. The van der Waals surface area contributed by atoms with Crippen molar-refractivity contribution < 1.29 is 14.3 Å². The van der Waals surface area contributed by atoms with Crippen LogP contribution in [-0.2, 0) is 20.7 Å². The number of hydrogen-bond acceptors (Lipinski definition) is 4. The minimum atomic E-state index is -0.577. The number of fused-ring (bicyclic) bond motifs is 2. The van der Waals surface area contributed by atoms with E-state index < -0.39 is 11.2 Å². The number of benzene rings is 1. The molecule has 3 atom stereocenters. The van der Waals surface area contributed by atoms with Crippen LogP contribution >= 0.6 is 0 Å². The number of carbonyl (C=O) groups is 1. The summed E-state index contributed by atoms with van der Waals surface area (Å²) in [5, 5.41) is 0. The smallest absolute Gasteiger partial charge is 0.170 e. The molecule has 1 aromatic carbocycles. The average Bonchev–Trinajstić information content (AvgIpc) is 3.06. The zero-order valence-corrected chi connectivity index (χ0v) is 16.9. The van der Waals surface area contributed by atoms with Gasteiger partial charge in [0.25, 0.3) is 0 Å². The Bertz CT molecular complexity index is 669. The van der Waals surface area contributed by atoms with Gasteiger partial charge >= 0.3 is 0 Å². The van der Waals surface area contributed by atoms with E-state index in [1.807, 2.05) is 0 Å². The molecular formula is C23H33NO3. The van der Waals surface area contributed by atoms with Crippen LogP contribution in [0, 0.1) is 22.7 Å². The van der Waals surface area contributed by atoms with E-state index in [4.69, 9.17) is 9.47 Å². The van der Waals surface area contributed by atoms with Gasteiger partial charge in [0.2, 0.25) is 0 Å². The quantitative estimate of drug-likeness (QED) is 0.742. The molecule has 3 unspecified atom stereocenters. The SMILES string of the molecule is CC(C)CN1CC2(C=O)CC3(CC(Cc4ccccc4)(C1)C2C)OCCO3. The molecule has 1 saturated carbocycles. The lowest BCUT2D eigenvalue weighted by Gasteiger charge is -2.62. The third-order valence-electron chi connectivity index (χ3n) is 7.13. The van der Waals surface area contributed by atoms with Crippen LogP contribution in [0.5, 0.6) is 0 Å². The van der Waals surface area contributed by atoms with Crippen molar-refractivity contribution in [3.63, 3.8) is 0 Å².